The predicted molar refractivity (Wildman–Crippen MR) is 114 cm³/mol. The Morgan fingerprint density at radius 2 is 1.46 bits per heavy atom. The molecule has 0 N–H and O–H groups in total. The van der Waals surface area contributed by atoms with Crippen LogP contribution in [0.3, 0.4) is 0 Å². The Kier molecular flexibility index (Phi) is 4.23. The quantitative estimate of drug-likeness (QED) is 0.370. The molecule has 28 heavy (non-hydrogen) atoms. The summed E-state index contributed by atoms with van der Waals surface area (Å²) in [5, 5.41) is 1.37. The maximum absolute atomic E-state index is 6.23. The van der Waals surface area contributed by atoms with E-state index in [-0.39, 0.29) is 0 Å². The Morgan fingerprint density at radius 1 is 0.714 bits per heavy atom. The van der Waals surface area contributed by atoms with Gasteiger partial charge in [-0.2, -0.15) is 0 Å². The van der Waals surface area contributed by atoms with Gasteiger partial charge in [-0.05, 0) is 42.0 Å². The minimum Gasteiger partial charge on any atom is -0.303 e. The third-order valence-electron chi connectivity index (χ3n) is 4.59. The third kappa shape index (κ3) is 3.11. The van der Waals surface area contributed by atoms with E-state index in [4.69, 9.17) is 38.2 Å². The summed E-state index contributed by atoms with van der Waals surface area (Å²) in [4.78, 5) is 14.3. The van der Waals surface area contributed by atoms with Crippen molar-refractivity contribution in [3.05, 3.63) is 88.4 Å². The van der Waals surface area contributed by atoms with E-state index < -0.39 is 0 Å². The molecule has 0 atom stereocenters. The molecule has 0 saturated heterocycles. The van der Waals surface area contributed by atoms with Crippen molar-refractivity contribution in [2.24, 2.45) is 0 Å². The highest BCUT2D eigenvalue weighted by atomic mass is 35.5. The maximum atomic E-state index is 6.23. The SMILES string of the molecule is Clc1ccc(Cn2c(-c3cccc(Cl)c3)nc3nc4ccccc4nc32)cc1. The first kappa shape index (κ1) is 17.2. The average Bonchev–Trinajstić information content (AvgIpc) is 3.05. The molecule has 0 aliphatic rings. The van der Waals surface area contributed by atoms with Crippen LogP contribution in [0.2, 0.25) is 10.0 Å². The van der Waals surface area contributed by atoms with Gasteiger partial charge in [0.2, 0.25) is 0 Å². The minimum atomic E-state index is 0.600. The lowest BCUT2D eigenvalue weighted by Gasteiger charge is -2.09. The van der Waals surface area contributed by atoms with E-state index in [1.807, 2.05) is 72.8 Å². The smallest absolute Gasteiger partial charge is 0.198 e. The second-order valence-electron chi connectivity index (χ2n) is 6.52. The number of nitrogens with zero attached hydrogens (tertiary/aromatic N) is 4. The molecule has 0 radical (unpaired) electrons. The van der Waals surface area contributed by atoms with Gasteiger partial charge in [0.1, 0.15) is 5.82 Å². The number of hydrogen-bond acceptors (Lipinski definition) is 3. The molecule has 0 unspecified atom stereocenters. The summed E-state index contributed by atoms with van der Waals surface area (Å²) in [5.74, 6) is 0.780. The first-order valence-corrected chi connectivity index (χ1v) is 9.56. The summed E-state index contributed by atoms with van der Waals surface area (Å²) in [7, 11) is 0. The standard InChI is InChI=1S/C22H14Cl2N4/c23-16-10-8-14(9-11-16)13-28-21(15-4-3-5-17(24)12-15)27-20-22(28)26-19-7-2-1-6-18(19)25-20/h1-12H,13H2. The maximum Gasteiger partial charge on any atom is 0.198 e. The second kappa shape index (κ2) is 6.89. The van der Waals surface area contributed by atoms with Crippen molar-refractivity contribution in [1.29, 1.82) is 0 Å². The second-order valence-corrected chi connectivity index (χ2v) is 7.39. The molecule has 0 aliphatic heterocycles. The molecule has 5 rings (SSSR count). The van der Waals surface area contributed by atoms with E-state index in [1.165, 1.54) is 0 Å². The molecule has 6 heteroatoms. The molecule has 4 nitrogen and oxygen atoms in total. The van der Waals surface area contributed by atoms with Crippen molar-refractivity contribution in [2.45, 2.75) is 6.54 Å². The van der Waals surface area contributed by atoms with Crippen molar-refractivity contribution in [2.75, 3.05) is 0 Å². The monoisotopic (exact) mass is 404 g/mol. The fourth-order valence-electron chi connectivity index (χ4n) is 3.27. The van der Waals surface area contributed by atoms with Gasteiger partial charge in [-0.15, -0.1) is 0 Å². The normalized spacial score (nSPS) is 11.4. The number of halogens is 2. The lowest BCUT2D eigenvalue weighted by atomic mass is 10.2. The summed E-state index contributed by atoms with van der Waals surface area (Å²) in [6.45, 7) is 0.600. The number of hydrogen-bond donors (Lipinski definition) is 0. The first-order valence-electron chi connectivity index (χ1n) is 8.81. The lowest BCUT2D eigenvalue weighted by Crippen LogP contribution is -2.03. The van der Waals surface area contributed by atoms with Crippen molar-refractivity contribution in [3.8, 4) is 11.4 Å². The number of benzene rings is 3. The van der Waals surface area contributed by atoms with E-state index in [0.29, 0.717) is 22.2 Å². The van der Waals surface area contributed by atoms with Gasteiger partial charge in [0, 0.05) is 15.6 Å². The largest absolute Gasteiger partial charge is 0.303 e. The van der Waals surface area contributed by atoms with Crippen LogP contribution in [0.1, 0.15) is 5.56 Å². The van der Waals surface area contributed by atoms with Crippen LogP contribution in [0.4, 0.5) is 0 Å². The summed E-state index contributed by atoms with van der Waals surface area (Å²) in [6.07, 6.45) is 0. The van der Waals surface area contributed by atoms with Crippen molar-refractivity contribution >= 4 is 45.5 Å². The third-order valence-corrected chi connectivity index (χ3v) is 5.08. The van der Waals surface area contributed by atoms with Gasteiger partial charge in [-0.1, -0.05) is 59.6 Å². The Morgan fingerprint density at radius 3 is 2.21 bits per heavy atom. The molecule has 0 bridgehead atoms. The zero-order chi connectivity index (χ0) is 19.1. The number of fused-ring (bicyclic) bond motifs is 2. The Labute approximate surface area is 171 Å². The van der Waals surface area contributed by atoms with Crippen LogP contribution in [0.5, 0.6) is 0 Å². The molecular weight excluding hydrogens is 391 g/mol. The fourth-order valence-corrected chi connectivity index (χ4v) is 3.58. The van der Waals surface area contributed by atoms with Crippen LogP contribution in [0.15, 0.2) is 72.8 Å². The van der Waals surface area contributed by atoms with Crippen LogP contribution >= 0.6 is 23.2 Å². The summed E-state index contributed by atoms with van der Waals surface area (Å²) in [5.41, 5.74) is 5.03. The van der Waals surface area contributed by atoms with Crippen molar-refractivity contribution in [3.63, 3.8) is 0 Å². The van der Waals surface area contributed by atoms with Gasteiger partial charge in [0.05, 0.1) is 17.6 Å². The average molecular weight is 405 g/mol. The molecule has 0 spiro atoms. The number of imidazole rings is 1. The molecule has 2 aromatic heterocycles. The molecule has 0 saturated carbocycles. The molecule has 5 aromatic rings. The van der Waals surface area contributed by atoms with Crippen LogP contribution < -0.4 is 0 Å². The van der Waals surface area contributed by atoms with Crippen LogP contribution in [-0.2, 0) is 6.54 Å². The van der Waals surface area contributed by atoms with Gasteiger partial charge in [-0.3, -0.25) is 0 Å². The lowest BCUT2D eigenvalue weighted by molar-refractivity contribution is 0.825. The molecule has 0 aliphatic carbocycles. The Balaban J connectivity index is 1.76. The highest BCUT2D eigenvalue weighted by molar-refractivity contribution is 6.31. The Bertz CT molecular complexity index is 1310. The summed E-state index contributed by atoms with van der Waals surface area (Å²) < 4.78 is 2.07. The minimum absolute atomic E-state index is 0.600. The van der Waals surface area contributed by atoms with Crippen LogP contribution in [-0.4, -0.2) is 19.5 Å². The zero-order valence-corrected chi connectivity index (χ0v) is 16.2. The van der Waals surface area contributed by atoms with E-state index in [1.54, 1.807) is 0 Å². The number of rotatable bonds is 3. The van der Waals surface area contributed by atoms with E-state index in [0.717, 1.165) is 33.6 Å². The van der Waals surface area contributed by atoms with E-state index in [9.17, 15) is 0 Å². The van der Waals surface area contributed by atoms with Gasteiger partial charge in [0.15, 0.2) is 11.3 Å². The molecule has 3 aromatic carbocycles. The highest BCUT2D eigenvalue weighted by Crippen LogP contribution is 2.27. The van der Waals surface area contributed by atoms with Gasteiger partial charge in [-0.25, -0.2) is 15.0 Å². The molecule has 0 amide bonds. The fraction of sp³-hybridized carbons (Fsp3) is 0.0455. The first-order chi connectivity index (χ1) is 13.7. The Hall–Kier alpha value is -2.95. The molecule has 0 fully saturated rings. The summed E-state index contributed by atoms with van der Waals surface area (Å²) in [6, 6.07) is 23.3. The highest BCUT2D eigenvalue weighted by Gasteiger charge is 2.16. The zero-order valence-electron chi connectivity index (χ0n) is 14.7. The van der Waals surface area contributed by atoms with E-state index in [2.05, 4.69) is 4.57 Å². The molecule has 2 heterocycles. The number of aromatic nitrogens is 4. The van der Waals surface area contributed by atoms with Gasteiger partial charge in [0.25, 0.3) is 0 Å². The van der Waals surface area contributed by atoms with Crippen molar-refractivity contribution < 1.29 is 0 Å². The van der Waals surface area contributed by atoms with Crippen molar-refractivity contribution in [1.82, 2.24) is 19.5 Å². The van der Waals surface area contributed by atoms with Crippen LogP contribution in [0.25, 0.3) is 33.7 Å². The van der Waals surface area contributed by atoms with Gasteiger partial charge < -0.3 is 4.57 Å². The van der Waals surface area contributed by atoms with E-state index >= 15 is 0 Å². The molecule has 136 valence electrons. The summed E-state index contributed by atoms with van der Waals surface area (Å²) >= 11 is 12.3. The topological polar surface area (TPSA) is 43.6 Å². The predicted octanol–water partition coefficient (Wildman–Crippen LogP) is 6.00. The van der Waals surface area contributed by atoms with Crippen LogP contribution in [0, 0.1) is 0 Å². The van der Waals surface area contributed by atoms with Gasteiger partial charge >= 0.3 is 0 Å². The number of para-hydroxylation sites is 2. The molecular formula is C22H14Cl2N4.